The molecule has 0 atom stereocenters. The van der Waals surface area contributed by atoms with Crippen LogP contribution in [0.1, 0.15) is 38.5 Å². The predicted octanol–water partition coefficient (Wildman–Crippen LogP) is 7.67. The highest BCUT2D eigenvalue weighted by Gasteiger charge is 2.12. The van der Waals surface area contributed by atoms with E-state index >= 15 is 0 Å². The highest BCUT2D eigenvalue weighted by atomic mass is 16.3. The Morgan fingerprint density at radius 1 is 0.658 bits per heavy atom. The van der Waals surface area contributed by atoms with E-state index < -0.39 is 0 Å². The largest absolute Gasteiger partial charge is 0.506 e. The Labute approximate surface area is 224 Å². The van der Waals surface area contributed by atoms with Gasteiger partial charge in [0.25, 0.3) is 0 Å². The summed E-state index contributed by atoms with van der Waals surface area (Å²) in [5.41, 5.74) is 5.46. The third kappa shape index (κ3) is 7.32. The first kappa shape index (κ1) is 26.7. The molecule has 194 valence electrons. The van der Waals surface area contributed by atoms with Crippen molar-refractivity contribution in [2.45, 2.75) is 38.5 Å². The predicted molar refractivity (Wildman–Crippen MR) is 155 cm³/mol. The number of amides is 2. The monoisotopic (exact) mass is 506 g/mol. The molecule has 0 radical (unpaired) electrons. The number of rotatable bonds is 11. The number of carbonyl (C=O) groups is 2. The fourth-order valence-corrected chi connectivity index (χ4v) is 4.41. The molecule has 0 heterocycles. The lowest BCUT2D eigenvalue weighted by Crippen LogP contribution is -2.25. The molecule has 0 saturated carbocycles. The quantitative estimate of drug-likeness (QED) is 0.162. The van der Waals surface area contributed by atoms with Crippen LogP contribution in [0.15, 0.2) is 103 Å². The second-order valence-corrected chi connectivity index (χ2v) is 9.43. The summed E-state index contributed by atoms with van der Waals surface area (Å²) in [6, 6.07) is 33.2. The molecular formula is C33H34N2O3. The van der Waals surface area contributed by atoms with Gasteiger partial charge in [0.05, 0.1) is 5.69 Å². The molecule has 0 aliphatic rings. The lowest BCUT2D eigenvalue weighted by atomic mass is 10.0. The van der Waals surface area contributed by atoms with Crippen LogP contribution in [-0.4, -0.2) is 24.0 Å². The van der Waals surface area contributed by atoms with E-state index in [9.17, 15) is 14.7 Å². The molecule has 0 bridgehead atoms. The van der Waals surface area contributed by atoms with E-state index in [2.05, 4.69) is 23.5 Å². The first-order valence-electron chi connectivity index (χ1n) is 13.1. The van der Waals surface area contributed by atoms with Gasteiger partial charge in [-0.05, 0) is 59.4 Å². The Hall–Kier alpha value is -4.38. The third-order valence-electron chi connectivity index (χ3n) is 6.64. The number of nitrogens with zero attached hydrogens (tertiary/aromatic N) is 1. The number of hydrogen-bond donors (Lipinski definition) is 2. The van der Waals surface area contributed by atoms with Crippen molar-refractivity contribution in [3.05, 3.63) is 103 Å². The molecule has 2 amide bonds. The minimum Gasteiger partial charge on any atom is -0.506 e. The lowest BCUT2D eigenvalue weighted by molar-refractivity contribution is -0.118. The standard InChI is InChI=1S/C33H34N2O3/c1-35(29-18-12-17-27(23-29)25-13-6-4-7-14-25)33(38)20-11-3-2-10-19-32(37)34-30-24-28(21-22-31(30)36)26-15-8-5-9-16-26/h4-9,12-18,21-24,36H,2-3,10-11,19-20H2,1H3,(H,34,37). The maximum Gasteiger partial charge on any atom is 0.226 e. The molecule has 5 nitrogen and oxygen atoms in total. The normalized spacial score (nSPS) is 10.7. The highest BCUT2D eigenvalue weighted by molar-refractivity contribution is 5.94. The molecule has 0 fully saturated rings. The molecule has 2 N–H and O–H groups in total. The summed E-state index contributed by atoms with van der Waals surface area (Å²) in [5.74, 6) is 0.0105. The van der Waals surface area contributed by atoms with Gasteiger partial charge in [0, 0.05) is 25.6 Å². The fraction of sp³-hybridized carbons (Fsp3) is 0.212. The minimum atomic E-state index is -0.125. The Bertz CT molecular complexity index is 1350. The van der Waals surface area contributed by atoms with E-state index in [0.29, 0.717) is 18.5 Å². The van der Waals surface area contributed by atoms with E-state index in [4.69, 9.17) is 0 Å². The van der Waals surface area contributed by atoms with Gasteiger partial charge in [0.15, 0.2) is 0 Å². The van der Waals surface area contributed by atoms with Crippen molar-refractivity contribution in [3.63, 3.8) is 0 Å². The number of aromatic hydroxyl groups is 1. The van der Waals surface area contributed by atoms with Gasteiger partial charge in [-0.1, -0.05) is 91.7 Å². The van der Waals surface area contributed by atoms with Gasteiger partial charge >= 0.3 is 0 Å². The molecule has 0 unspecified atom stereocenters. The van der Waals surface area contributed by atoms with Crippen molar-refractivity contribution in [3.8, 4) is 28.0 Å². The van der Waals surface area contributed by atoms with Gasteiger partial charge in [0.2, 0.25) is 11.8 Å². The Balaban J connectivity index is 1.18. The first-order valence-corrected chi connectivity index (χ1v) is 13.1. The number of unbranched alkanes of at least 4 members (excludes halogenated alkanes) is 3. The van der Waals surface area contributed by atoms with E-state index in [1.54, 1.807) is 17.0 Å². The summed E-state index contributed by atoms with van der Waals surface area (Å²) < 4.78 is 0. The average Bonchev–Trinajstić information content (AvgIpc) is 2.96. The molecule has 4 aromatic carbocycles. The van der Waals surface area contributed by atoms with Crippen LogP contribution in [-0.2, 0) is 9.59 Å². The minimum absolute atomic E-state index is 0.0509. The Kier molecular flexibility index (Phi) is 9.30. The van der Waals surface area contributed by atoms with Crippen LogP contribution >= 0.6 is 0 Å². The molecule has 0 saturated heterocycles. The number of phenols is 1. The summed E-state index contributed by atoms with van der Waals surface area (Å²) in [5, 5.41) is 13.0. The molecule has 4 rings (SSSR count). The molecule has 0 aromatic heterocycles. The van der Waals surface area contributed by atoms with Gasteiger partial charge < -0.3 is 15.3 Å². The molecule has 0 spiro atoms. The summed E-state index contributed by atoms with van der Waals surface area (Å²) >= 11 is 0. The number of nitrogens with one attached hydrogen (secondary N) is 1. The summed E-state index contributed by atoms with van der Waals surface area (Å²) in [6.07, 6.45) is 4.10. The van der Waals surface area contributed by atoms with Crippen molar-refractivity contribution in [1.82, 2.24) is 0 Å². The van der Waals surface area contributed by atoms with E-state index in [0.717, 1.165) is 53.6 Å². The van der Waals surface area contributed by atoms with Crippen LogP contribution in [0.3, 0.4) is 0 Å². The highest BCUT2D eigenvalue weighted by Crippen LogP contribution is 2.30. The molecule has 38 heavy (non-hydrogen) atoms. The van der Waals surface area contributed by atoms with Crippen LogP contribution in [0, 0.1) is 0 Å². The summed E-state index contributed by atoms with van der Waals surface area (Å²) in [4.78, 5) is 26.9. The number of benzene rings is 4. The molecule has 5 heteroatoms. The summed E-state index contributed by atoms with van der Waals surface area (Å²) in [6.45, 7) is 0. The molecular weight excluding hydrogens is 472 g/mol. The number of phenolic OH excluding ortho intramolecular Hbond substituents is 1. The first-order chi connectivity index (χ1) is 18.5. The van der Waals surface area contributed by atoms with E-state index in [-0.39, 0.29) is 17.6 Å². The molecule has 0 aliphatic heterocycles. The smallest absolute Gasteiger partial charge is 0.226 e. The van der Waals surface area contributed by atoms with Gasteiger partial charge in [-0.15, -0.1) is 0 Å². The molecule has 0 aliphatic carbocycles. The average molecular weight is 507 g/mol. The van der Waals surface area contributed by atoms with Crippen LogP contribution in [0.5, 0.6) is 5.75 Å². The molecule has 4 aromatic rings. The van der Waals surface area contributed by atoms with Gasteiger partial charge in [-0.25, -0.2) is 0 Å². The van der Waals surface area contributed by atoms with Crippen LogP contribution in [0.2, 0.25) is 0 Å². The maximum absolute atomic E-state index is 12.7. The van der Waals surface area contributed by atoms with Crippen molar-refractivity contribution < 1.29 is 14.7 Å². The zero-order valence-corrected chi connectivity index (χ0v) is 21.8. The second kappa shape index (κ2) is 13.2. The Morgan fingerprint density at radius 3 is 1.89 bits per heavy atom. The number of anilines is 2. The third-order valence-corrected chi connectivity index (χ3v) is 6.64. The van der Waals surface area contributed by atoms with Crippen LogP contribution in [0.4, 0.5) is 11.4 Å². The number of carbonyl (C=O) groups excluding carboxylic acids is 2. The number of hydrogen-bond acceptors (Lipinski definition) is 3. The van der Waals surface area contributed by atoms with Crippen molar-refractivity contribution in [2.24, 2.45) is 0 Å². The van der Waals surface area contributed by atoms with Gasteiger partial charge in [0.1, 0.15) is 5.75 Å². The summed E-state index contributed by atoms with van der Waals surface area (Å²) in [7, 11) is 1.82. The van der Waals surface area contributed by atoms with Crippen molar-refractivity contribution >= 4 is 23.2 Å². The van der Waals surface area contributed by atoms with Crippen molar-refractivity contribution in [1.29, 1.82) is 0 Å². The Morgan fingerprint density at radius 2 is 1.24 bits per heavy atom. The topological polar surface area (TPSA) is 69.6 Å². The van der Waals surface area contributed by atoms with Crippen LogP contribution < -0.4 is 10.2 Å². The van der Waals surface area contributed by atoms with Crippen LogP contribution in [0.25, 0.3) is 22.3 Å². The maximum atomic E-state index is 12.7. The lowest BCUT2D eigenvalue weighted by Gasteiger charge is -2.18. The van der Waals surface area contributed by atoms with Gasteiger partial charge in [-0.3, -0.25) is 9.59 Å². The zero-order valence-electron chi connectivity index (χ0n) is 21.8. The van der Waals surface area contributed by atoms with E-state index in [1.807, 2.05) is 79.8 Å². The van der Waals surface area contributed by atoms with E-state index in [1.165, 1.54) is 0 Å². The fourth-order valence-electron chi connectivity index (χ4n) is 4.41. The SMILES string of the molecule is CN(C(=O)CCCCCCC(=O)Nc1cc(-c2ccccc2)ccc1O)c1cccc(-c2ccccc2)c1. The van der Waals surface area contributed by atoms with Gasteiger partial charge in [-0.2, -0.15) is 0 Å². The van der Waals surface area contributed by atoms with Crippen molar-refractivity contribution in [2.75, 3.05) is 17.3 Å². The zero-order chi connectivity index (χ0) is 26.7. The second-order valence-electron chi connectivity index (χ2n) is 9.43.